The van der Waals surface area contributed by atoms with E-state index in [0.717, 1.165) is 29.7 Å². The lowest BCUT2D eigenvalue weighted by molar-refractivity contribution is 0.0934. The topological polar surface area (TPSA) is 82.2 Å². The Balaban J connectivity index is 1.67. The monoisotopic (exact) mass is 390 g/mol. The van der Waals surface area contributed by atoms with Crippen LogP contribution in [0.1, 0.15) is 28.8 Å². The number of carbonyl (C=O) groups excluding carboxylic acids is 1. The number of nitrogens with one attached hydrogen (secondary N) is 1. The molecular formula is C23H26N4O2. The maximum Gasteiger partial charge on any atom is 0.255 e. The molecule has 3 N–H and O–H groups in total. The van der Waals surface area contributed by atoms with Gasteiger partial charge in [-0.05, 0) is 36.5 Å². The van der Waals surface area contributed by atoms with Crippen molar-refractivity contribution in [2.24, 2.45) is 11.7 Å². The largest absolute Gasteiger partial charge is 0.497 e. The molecule has 1 aromatic heterocycles. The van der Waals surface area contributed by atoms with Crippen LogP contribution in [0.4, 0.5) is 0 Å². The molecule has 1 heterocycles. The van der Waals surface area contributed by atoms with Crippen molar-refractivity contribution in [3.05, 3.63) is 71.9 Å². The van der Waals surface area contributed by atoms with E-state index in [1.165, 1.54) is 0 Å². The van der Waals surface area contributed by atoms with Crippen LogP contribution in [-0.2, 0) is 6.54 Å². The molecule has 29 heavy (non-hydrogen) atoms. The zero-order valence-electron chi connectivity index (χ0n) is 16.5. The van der Waals surface area contributed by atoms with E-state index in [1.807, 2.05) is 65.5 Å². The molecule has 0 radical (unpaired) electrons. The Morgan fingerprint density at radius 3 is 2.72 bits per heavy atom. The highest BCUT2D eigenvalue weighted by molar-refractivity contribution is 6.00. The summed E-state index contributed by atoms with van der Waals surface area (Å²) in [6.45, 7) is 1.04. The Labute approximate surface area is 170 Å². The fraction of sp³-hybridized carbons (Fsp3) is 0.304. The Morgan fingerprint density at radius 2 is 2.03 bits per heavy atom. The van der Waals surface area contributed by atoms with Crippen LogP contribution in [-0.4, -0.2) is 35.4 Å². The van der Waals surface area contributed by atoms with Gasteiger partial charge in [0.15, 0.2) is 0 Å². The molecule has 150 valence electrons. The van der Waals surface area contributed by atoms with Crippen LogP contribution >= 0.6 is 0 Å². The number of hydrogen-bond donors (Lipinski definition) is 2. The van der Waals surface area contributed by atoms with E-state index in [4.69, 9.17) is 15.6 Å². The van der Waals surface area contributed by atoms with E-state index >= 15 is 0 Å². The Kier molecular flexibility index (Phi) is 5.62. The van der Waals surface area contributed by atoms with Crippen molar-refractivity contribution in [2.45, 2.75) is 25.4 Å². The van der Waals surface area contributed by atoms with E-state index in [1.54, 1.807) is 7.11 Å². The summed E-state index contributed by atoms with van der Waals surface area (Å²) in [6, 6.07) is 17.7. The third-order valence-electron chi connectivity index (χ3n) is 5.30. The van der Waals surface area contributed by atoms with Gasteiger partial charge in [0.25, 0.3) is 5.91 Å². The smallest absolute Gasteiger partial charge is 0.255 e. The molecule has 1 saturated carbocycles. The van der Waals surface area contributed by atoms with Gasteiger partial charge in [0.2, 0.25) is 0 Å². The minimum atomic E-state index is -0.135. The lowest BCUT2D eigenvalue weighted by atomic mass is 10.1. The number of methoxy groups -OCH3 is 1. The van der Waals surface area contributed by atoms with E-state index in [-0.39, 0.29) is 11.9 Å². The average molecular weight is 390 g/mol. The summed E-state index contributed by atoms with van der Waals surface area (Å²) in [5.74, 6) is 1.08. The first-order valence-electron chi connectivity index (χ1n) is 9.94. The highest BCUT2D eigenvalue weighted by Gasteiger charge is 2.32. The minimum Gasteiger partial charge on any atom is -0.497 e. The average Bonchev–Trinajstić information content (AvgIpc) is 3.52. The Hall–Kier alpha value is -3.12. The predicted octanol–water partition coefficient (Wildman–Crippen LogP) is 3.07. The fourth-order valence-corrected chi connectivity index (χ4v) is 3.54. The van der Waals surface area contributed by atoms with Crippen LogP contribution in [0.15, 0.2) is 60.8 Å². The number of rotatable bonds is 8. The summed E-state index contributed by atoms with van der Waals surface area (Å²) in [5, 5.41) is 7.85. The summed E-state index contributed by atoms with van der Waals surface area (Å²) >= 11 is 0. The van der Waals surface area contributed by atoms with Crippen LogP contribution in [0.3, 0.4) is 0 Å². The van der Waals surface area contributed by atoms with Gasteiger partial charge in [0.1, 0.15) is 11.4 Å². The van der Waals surface area contributed by atoms with E-state index in [0.29, 0.717) is 30.3 Å². The minimum absolute atomic E-state index is 0.0122. The molecule has 1 unspecified atom stereocenters. The van der Waals surface area contributed by atoms with Gasteiger partial charge >= 0.3 is 0 Å². The molecule has 6 nitrogen and oxygen atoms in total. The maximum absolute atomic E-state index is 13.1. The van der Waals surface area contributed by atoms with Gasteiger partial charge in [0, 0.05) is 24.3 Å². The molecule has 0 saturated heterocycles. The zero-order valence-corrected chi connectivity index (χ0v) is 16.5. The number of benzene rings is 2. The van der Waals surface area contributed by atoms with Gasteiger partial charge in [-0.25, -0.2) is 0 Å². The van der Waals surface area contributed by atoms with Crippen molar-refractivity contribution in [1.82, 2.24) is 15.1 Å². The number of nitrogens with zero attached hydrogens (tertiary/aromatic N) is 2. The van der Waals surface area contributed by atoms with Crippen molar-refractivity contribution in [3.8, 4) is 17.0 Å². The molecule has 0 spiro atoms. The van der Waals surface area contributed by atoms with Crippen molar-refractivity contribution < 1.29 is 9.53 Å². The Bertz CT molecular complexity index is 980. The van der Waals surface area contributed by atoms with E-state index < -0.39 is 0 Å². The van der Waals surface area contributed by atoms with Gasteiger partial charge in [-0.2, -0.15) is 5.10 Å². The van der Waals surface area contributed by atoms with Crippen LogP contribution in [0, 0.1) is 5.92 Å². The molecule has 0 bridgehead atoms. The summed E-state index contributed by atoms with van der Waals surface area (Å²) < 4.78 is 7.16. The summed E-state index contributed by atoms with van der Waals surface area (Å²) in [4.78, 5) is 13.1. The van der Waals surface area contributed by atoms with Gasteiger partial charge in [-0.3, -0.25) is 9.48 Å². The summed E-state index contributed by atoms with van der Waals surface area (Å²) in [6.07, 6.45) is 4.06. The quantitative estimate of drug-likeness (QED) is 0.619. The molecule has 0 aliphatic heterocycles. The van der Waals surface area contributed by atoms with Crippen LogP contribution in [0.5, 0.6) is 5.75 Å². The second-order valence-corrected chi connectivity index (χ2v) is 7.46. The molecular weight excluding hydrogens is 364 g/mol. The molecule has 1 aliphatic carbocycles. The first-order chi connectivity index (χ1) is 14.2. The Morgan fingerprint density at radius 1 is 1.24 bits per heavy atom. The molecule has 6 heteroatoms. The van der Waals surface area contributed by atoms with E-state index in [9.17, 15) is 4.79 Å². The number of hydrogen-bond acceptors (Lipinski definition) is 4. The molecule has 2 aromatic carbocycles. The van der Waals surface area contributed by atoms with Crippen molar-refractivity contribution in [1.29, 1.82) is 0 Å². The maximum atomic E-state index is 13.1. The second kappa shape index (κ2) is 8.49. The van der Waals surface area contributed by atoms with E-state index in [2.05, 4.69) is 5.32 Å². The lowest BCUT2D eigenvalue weighted by Crippen LogP contribution is -2.41. The molecule has 1 amide bonds. The number of amides is 1. The van der Waals surface area contributed by atoms with Crippen molar-refractivity contribution in [2.75, 3.05) is 13.7 Å². The van der Waals surface area contributed by atoms with Crippen molar-refractivity contribution in [3.63, 3.8) is 0 Å². The lowest BCUT2D eigenvalue weighted by Gasteiger charge is -2.15. The number of carbonyl (C=O) groups is 1. The highest BCUT2D eigenvalue weighted by atomic mass is 16.5. The predicted molar refractivity (Wildman–Crippen MR) is 113 cm³/mol. The van der Waals surface area contributed by atoms with Gasteiger partial charge in [0.05, 0.1) is 19.2 Å². The third kappa shape index (κ3) is 4.49. The van der Waals surface area contributed by atoms with Crippen LogP contribution in [0.2, 0.25) is 0 Å². The molecule has 1 fully saturated rings. The first kappa shape index (κ1) is 19.2. The highest BCUT2D eigenvalue weighted by Crippen LogP contribution is 2.33. The zero-order chi connectivity index (χ0) is 20.2. The number of ether oxygens (including phenoxy) is 1. The fourth-order valence-electron chi connectivity index (χ4n) is 3.54. The molecule has 4 rings (SSSR count). The normalized spacial score (nSPS) is 14.4. The number of nitrogens with two attached hydrogens (primary N) is 1. The van der Waals surface area contributed by atoms with Crippen molar-refractivity contribution >= 4 is 5.91 Å². The third-order valence-corrected chi connectivity index (χ3v) is 5.30. The SMILES string of the molecule is COc1cccc(-c2nn(Cc3ccccc3)cc2C(=O)NC(CN)C2CC2)c1. The van der Waals surface area contributed by atoms with Gasteiger partial charge < -0.3 is 15.8 Å². The van der Waals surface area contributed by atoms with Gasteiger partial charge in [-0.1, -0.05) is 42.5 Å². The molecule has 3 aromatic rings. The van der Waals surface area contributed by atoms with Crippen LogP contribution < -0.4 is 15.8 Å². The molecule has 1 aliphatic rings. The standard InChI is InChI=1S/C23H26N4O2/c1-29-19-9-5-8-18(12-19)22-20(23(28)25-21(13-24)17-10-11-17)15-27(26-22)14-16-6-3-2-4-7-16/h2-9,12,15,17,21H,10-11,13-14,24H2,1H3,(H,25,28). The van der Waals surface area contributed by atoms with Gasteiger partial charge in [-0.15, -0.1) is 0 Å². The second-order valence-electron chi connectivity index (χ2n) is 7.46. The number of aromatic nitrogens is 2. The summed E-state index contributed by atoms with van der Waals surface area (Å²) in [5.41, 5.74) is 9.04. The molecule has 1 atom stereocenters. The first-order valence-corrected chi connectivity index (χ1v) is 9.94. The van der Waals surface area contributed by atoms with Crippen LogP contribution in [0.25, 0.3) is 11.3 Å². The summed E-state index contributed by atoms with van der Waals surface area (Å²) in [7, 11) is 1.63.